The lowest BCUT2D eigenvalue weighted by molar-refractivity contribution is 0.175. The highest BCUT2D eigenvalue weighted by atomic mass is 16.3. The molecule has 9 heteroatoms. The van der Waals surface area contributed by atoms with Crippen LogP contribution in [0.2, 0.25) is 0 Å². The highest BCUT2D eigenvalue weighted by Gasteiger charge is 2.17. The normalized spacial score (nSPS) is 18.1. The van der Waals surface area contributed by atoms with E-state index in [0.29, 0.717) is 23.5 Å². The number of aliphatic hydroxyl groups is 1. The Balaban J connectivity index is 2.67. The number of rotatable bonds is 14. The van der Waals surface area contributed by atoms with E-state index in [1.54, 1.807) is 19.1 Å². The number of unbranched alkanes of at least 4 members (excludes halogenated alkanes) is 3. The fourth-order valence-corrected chi connectivity index (χ4v) is 3.09. The number of allylic oxidation sites excluding steroid dienone is 1. The number of hydrogen-bond acceptors (Lipinski definition) is 9. The molecule has 0 aromatic heterocycles. The third-order valence-electron chi connectivity index (χ3n) is 4.62. The van der Waals surface area contributed by atoms with Crippen molar-refractivity contribution in [2.45, 2.75) is 58.3 Å². The Bertz CT molecular complexity index is 719. The average molecular weight is 431 g/mol. The van der Waals surface area contributed by atoms with Crippen LogP contribution >= 0.6 is 0 Å². The lowest BCUT2D eigenvalue weighted by Gasteiger charge is -2.26. The van der Waals surface area contributed by atoms with Crippen molar-refractivity contribution < 1.29 is 5.11 Å². The molecule has 0 fully saturated rings. The molecule has 9 nitrogen and oxygen atoms in total. The molecule has 0 saturated heterocycles. The molecule has 1 rings (SSSR count). The van der Waals surface area contributed by atoms with Gasteiger partial charge in [-0.25, -0.2) is 4.99 Å². The van der Waals surface area contributed by atoms with Gasteiger partial charge < -0.3 is 21.5 Å². The predicted molar refractivity (Wildman–Crippen MR) is 131 cm³/mol. The van der Waals surface area contributed by atoms with E-state index in [1.807, 2.05) is 0 Å². The van der Waals surface area contributed by atoms with Gasteiger partial charge in [0, 0.05) is 30.6 Å². The van der Waals surface area contributed by atoms with Gasteiger partial charge in [0.25, 0.3) is 0 Å². The number of aliphatic hydroxyl groups excluding tert-OH is 1. The van der Waals surface area contributed by atoms with Crippen molar-refractivity contribution in [2.24, 2.45) is 31.4 Å². The Morgan fingerprint density at radius 3 is 2.65 bits per heavy atom. The number of aliphatic imine (C=N–C) groups is 4. The van der Waals surface area contributed by atoms with E-state index in [-0.39, 0.29) is 0 Å². The van der Waals surface area contributed by atoms with Crippen LogP contribution in [0.15, 0.2) is 55.3 Å². The molecule has 1 heterocycles. The highest BCUT2D eigenvalue weighted by molar-refractivity contribution is 6.02. The molecule has 0 aliphatic carbocycles. The standard InChI is InChI=1S/C22H38N8O/c1-5-6-8-11-30(21-19(26-4)14-20(24)28-16-29-21)12-9-7-10-27-22(31)18(15-25-3)13-17(2)23/h13-16,20,22,27,31H,3-12,23-24H2,1-2H3/b17-13+,18-15+. The van der Waals surface area contributed by atoms with Gasteiger partial charge in [0.2, 0.25) is 0 Å². The van der Waals surface area contributed by atoms with Gasteiger partial charge >= 0.3 is 0 Å². The van der Waals surface area contributed by atoms with Crippen molar-refractivity contribution in [1.29, 1.82) is 0 Å². The fourth-order valence-electron chi connectivity index (χ4n) is 3.09. The summed E-state index contributed by atoms with van der Waals surface area (Å²) >= 11 is 0. The van der Waals surface area contributed by atoms with Crippen molar-refractivity contribution in [2.75, 3.05) is 19.6 Å². The summed E-state index contributed by atoms with van der Waals surface area (Å²) in [6, 6.07) is 0. The van der Waals surface area contributed by atoms with E-state index in [2.05, 4.69) is 50.5 Å². The molecule has 6 N–H and O–H groups in total. The first kappa shape index (κ1) is 26.4. The molecule has 0 saturated carbocycles. The van der Waals surface area contributed by atoms with Crippen LogP contribution in [-0.2, 0) is 0 Å². The summed E-state index contributed by atoms with van der Waals surface area (Å²) in [4.78, 5) is 18.7. The van der Waals surface area contributed by atoms with Gasteiger partial charge in [0.1, 0.15) is 24.4 Å². The Hall–Kier alpha value is -2.62. The average Bonchev–Trinajstić information content (AvgIpc) is 2.92. The second kappa shape index (κ2) is 15.2. The fraction of sp³-hybridized carbons (Fsp3) is 0.545. The lowest BCUT2D eigenvalue weighted by atomic mass is 10.2. The minimum absolute atomic E-state index is 0.469. The van der Waals surface area contributed by atoms with Crippen molar-refractivity contribution in [3.05, 3.63) is 35.3 Å². The Morgan fingerprint density at radius 2 is 2.03 bits per heavy atom. The van der Waals surface area contributed by atoms with Crippen molar-refractivity contribution in [3.63, 3.8) is 0 Å². The maximum Gasteiger partial charge on any atom is 0.156 e. The molecular formula is C22H38N8O. The van der Waals surface area contributed by atoms with Crippen LogP contribution < -0.4 is 16.8 Å². The van der Waals surface area contributed by atoms with Gasteiger partial charge in [-0.1, -0.05) is 19.8 Å². The Labute approximate surface area is 186 Å². The van der Waals surface area contributed by atoms with Crippen LogP contribution in [0.5, 0.6) is 0 Å². The molecule has 1 aliphatic heterocycles. The van der Waals surface area contributed by atoms with E-state index in [0.717, 1.165) is 51.0 Å². The quantitative estimate of drug-likeness (QED) is 0.144. The van der Waals surface area contributed by atoms with Crippen molar-refractivity contribution in [1.82, 2.24) is 10.2 Å². The van der Waals surface area contributed by atoms with Crippen LogP contribution in [0.4, 0.5) is 0 Å². The van der Waals surface area contributed by atoms with Gasteiger partial charge in [0.15, 0.2) is 5.84 Å². The molecule has 0 aromatic carbocycles. The first-order valence-electron chi connectivity index (χ1n) is 10.7. The van der Waals surface area contributed by atoms with Crippen molar-refractivity contribution >= 4 is 25.6 Å². The minimum Gasteiger partial charge on any atom is -0.402 e. The molecule has 0 amide bonds. The first-order valence-corrected chi connectivity index (χ1v) is 10.7. The van der Waals surface area contributed by atoms with E-state index < -0.39 is 12.4 Å². The molecule has 0 radical (unpaired) electrons. The highest BCUT2D eigenvalue weighted by Crippen LogP contribution is 2.13. The summed E-state index contributed by atoms with van der Waals surface area (Å²) in [6.07, 6.45) is 10.2. The summed E-state index contributed by atoms with van der Waals surface area (Å²) in [5.41, 5.74) is 13.4. The number of hydrogen-bond donors (Lipinski definition) is 4. The molecule has 1 aliphatic rings. The summed E-state index contributed by atoms with van der Waals surface area (Å²) in [5, 5.41) is 13.4. The third-order valence-corrected chi connectivity index (χ3v) is 4.62. The second-order valence-electron chi connectivity index (χ2n) is 7.38. The molecular weight excluding hydrogens is 392 g/mol. The van der Waals surface area contributed by atoms with Crippen LogP contribution in [0.25, 0.3) is 0 Å². The van der Waals surface area contributed by atoms with E-state index >= 15 is 0 Å². The van der Waals surface area contributed by atoms with E-state index in [1.165, 1.54) is 12.5 Å². The minimum atomic E-state index is -0.854. The second-order valence-corrected chi connectivity index (χ2v) is 7.38. The summed E-state index contributed by atoms with van der Waals surface area (Å²) in [6.45, 7) is 13.3. The number of nitrogens with zero attached hydrogens (tertiary/aromatic N) is 5. The molecule has 0 bridgehead atoms. The molecule has 2 unspecified atom stereocenters. The summed E-state index contributed by atoms with van der Waals surface area (Å²) < 4.78 is 0. The maximum atomic E-state index is 10.3. The third kappa shape index (κ3) is 10.3. The number of amidine groups is 1. The van der Waals surface area contributed by atoms with Gasteiger partial charge in [0.05, 0.1) is 0 Å². The largest absolute Gasteiger partial charge is 0.402 e. The summed E-state index contributed by atoms with van der Waals surface area (Å²) in [5.74, 6) is 0.752. The van der Waals surface area contributed by atoms with Crippen molar-refractivity contribution in [3.8, 4) is 0 Å². The lowest BCUT2D eigenvalue weighted by Crippen LogP contribution is -2.35. The topological polar surface area (TPSA) is 137 Å². The van der Waals surface area contributed by atoms with Crippen LogP contribution in [0.1, 0.15) is 46.0 Å². The molecule has 2 atom stereocenters. The van der Waals surface area contributed by atoms with Gasteiger partial charge in [-0.15, -0.1) is 0 Å². The van der Waals surface area contributed by atoms with Crippen LogP contribution in [0.3, 0.4) is 0 Å². The van der Waals surface area contributed by atoms with Crippen LogP contribution in [0, 0.1) is 0 Å². The Kier molecular flexibility index (Phi) is 13.0. The van der Waals surface area contributed by atoms with Gasteiger partial charge in [-0.3, -0.25) is 20.3 Å². The predicted octanol–water partition coefficient (Wildman–Crippen LogP) is 1.92. The number of nitrogens with one attached hydrogen (secondary N) is 1. The van der Waals surface area contributed by atoms with Gasteiger partial charge in [-0.2, -0.15) is 0 Å². The smallest absolute Gasteiger partial charge is 0.156 e. The first-order chi connectivity index (χ1) is 14.9. The zero-order valence-corrected chi connectivity index (χ0v) is 18.9. The molecule has 0 spiro atoms. The van der Waals surface area contributed by atoms with E-state index in [9.17, 15) is 5.11 Å². The monoisotopic (exact) mass is 430 g/mol. The van der Waals surface area contributed by atoms with E-state index in [4.69, 9.17) is 11.5 Å². The summed E-state index contributed by atoms with van der Waals surface area (Å²) in [7, 11) is 0. The molecule has 172 valence electrons. The van der Waals surface area contributed by atoms with Gasteiger partial charge in [-0.05, 0) is 58.3 Å². The molecule has 0 aromatic rings. The Morgan fingerprint density at radius 1 is 1.32 bits per heavy atom. The molecule has 31 heavy (non-hydrogen) atoms. The maximum absolute atomic E-state index is 10.3. The zero-order chi connectivity index (χ0) is 23.1. The SMILES string of the molecule is C=N/C=C(\C=C(/C)N)C(O)NCCCCN(CCCCC)C1=NC=NC(N)C=C1N=C. The number of nitrogens with two attached hydrogens (primary N) is 2. The van der Waals surface area contributed by atoms with Crippen LogP contribution in [-0.4, -0.2) is 67.6 Å². The zero-order valence-electron chi connectivity index (χ0n) is 18.9.